The fraction of sp³-hybridized carbons (Fsp3) is 0.102. The molecule has 0 radical (unpaired) electrons. The Morgan fingerprint density at radius 3 is 1.52 bits per heavy atom. The highest BCUT2D eigenvalue weighted by molar-refractivity contribution is 6.18. The smallest absolute Gasteiger partial charge is 0.160 e. The average molecular weight is 800 g/mol. The highest BCUT2D eigenvalue weighted by Gasteiger charge is 2.18. The Balaban J connectivity index is 1.17. The summed E-state index contributed by atoms with van der Waals surface area (Å²) in [4.78, 5) is 15.6. The summed E-state index contributed by atoms with van der Waals surface area (Å²) in [6, 6.07) is 65.6. The van der Waals surface area contributed by atoms with E-state index in [9.17, 15) is 0 Å². The molecular weight excluding hydrogens is 751 g/mol. The van der Waals surface area contributed by atoms with Gasteiger partial charge in [0, 0.05) is 33.4 Å². The van der Waals surface area contributed by atoms with Crippen LogP contribution < -0.4 is 0 Å². The molecule has 0 aliphatic heterocycles. The Morgan fingerprint density at radius 2 is 0.984 bits per heavy atom. The summed E-state index contributed by atoms with van der Waals surface area (Å²) in [5, 5.41) is 0. The molecule has 3 heteroatoms. The van der Waals surface area contributed by atoms with E-state index in [2.05, 4.69) is 203 Å². The van der Waals surface area contributed by atoms with Gasteiger partial charge in [-0.3, -0.25) is 0 Å². The van der Waals surface area contributed by atoms with Crippen molar-refractivity contribution >= 4 is 17.0 Å². The lowest BCUT2D eigenvalue weighted by Crippen LogP contribution is -2.06. The molecule has 7 aromatic carbocycles. The maximum Gasteiger partial charge on any atom is 0.160 e. The van der Waals surface area contributed by atoms with Crippen molar-refractivity contribution in [2.45, 2.75) is 41.0 Å². The third-order valence-corrected chi connectivity index (χ3v) is 11.3. The van der Waals surface area contributed by atoms with Crippen LogP contribution in [0.4, 0.5) is 0 Å². The van der Waals surface area contributed by atoms with Crippen LogP contribution in [0.1, 0.15) is 61.9 Å². The molecular formula is C59H49N3. The molecule has 3 nitrogen and oxygen atoms in total. The summed E-state index contributed by atoms with van der Waals surface area (Å²) >= 11 is 0. The number of aromatic nitrogens is 2. The zero-order valence-electron chi connectivity index (χ0n) is 36.0. The Morgan fingerprint density at radius 1 is 0.516 bits per heavy atom. The van der Waals surface area contributed by atoms with Gasteiger partial charge >= 0.3 is 0 Å². The van der Waals surface area contributed by atoms with Crippen molar-refractivity contribution in [1.29, 1.82) is 0 Å². The standard InChI is InChI=1S/C59H49N3/c1-6-21-54-52(45-33-37-49(38-34-45)56(42(4)41(3)44-23-12-8-13-24-44)60-55(22-7-2)47-25-14-9-15-26-47)31-20-32-53(54)46-35-39-50(40-36-46)58-43(5)57(48-27-16-10-17-28-48)61-59(62-58)51-29-18-11-19-30-51/h8-20,22-40H,7H2,1-5H3/b42-41+,55-22+,60-56+. The van der Waals surface area contributed by atoms with Crippen molar-refractivity contribution in [3.63, 3.8) is 0 Å². The van der Waals surface area contributed by atoms with Gasteiger partial charge < -0.3 is 0 Å². The van der Waals surface area contributed by atoms with Gasteiger partial charge in [0.1, 0.15) is 0 Å². The van der Waals surface area contributed by atoms with E-state index in [0.29, 0.717) is 5.82 Å². The molecule has 0 unspecified atom stereocenters. The third-order valence-electron chi connectivity index (χ3n) is 11.3. The lowest BCUT2D eigenvalue weighted by atomic mass is 9.90. The van der Waals surface area contributed by atoms with Crippen LogP contribution in [0, 0.1) is 18.8 Å². The van der Waals surface area contributed by atoms with Gasteiger partial charge in [0.05, 0.1) is 22.8 Å². The summed E-state index contributed by atoms with van der Waals surface area (Å²) < 4.78 is 0. The topological polar surface area (TPSA) is 38.1 Å². The van der Waals surface area contributed by atoms with Crippen molar-refractivity contribution in [3.05, 3.63) is 228 Å². The Labute approximate surface area is 367 Å². The zero-order chi connectivity index (χ0) is 42.8. The molecule has 0 fully saturated rings. The first-order valence-electron chi connectivity index (χ1n) is 21.3. The van der Waals surface area contributed by atoms with Crippen molar-refractivity contribution in [2.75, 3.05) is 0 Å². The summed E-state index contributed by atoms with van der Waals surface area (Å²) in [6.07, 6.45) is 3.09. The van der Waals surface area contributed by atoms with Crippen LogP contribution in [-0.2, 0) is 0 Å². The molecule has 0 bridgehead atoms. The fourth-order valence-electron chi connectivity index (χ4n) is 7.90. The van der Waals surface area contributed by atoms with Crippen LogP contribution in [0.25, 0.3) is 67.4 Å². The fourth-order valence-corrected chi connectivity index (χ4v) is 7.90. The molecule has 0 amide bonds. The van der Waals surface area contributed by atoms with Crippen LogP contribution in [0.2, 0.25) is 0 Å². The van der Waals surface area contributed by atoms with Gasteiger partial charge in [0.25, 0.3) is 0 Å². The van der Waals surface area contributed by atoms with E-state index >= 15 is 0 Å². The second kappa shape index (κ2) is 19.1. The Hall–Kier alpha value is -7.67. The first-order valence-corrected chi connectivity index (χ1v) is 21.3. The van der Waals surface area contributed by atoms with Gasteiger partial charge in [-0.2, -0.15) is 0 Å². The molecule has 0 atom stereocenters. The van der Waals surface area contributed by atoms with Gasteiger partial charge in [0.15, 0.2) is 5.82 Å². The van der Waals surface area contributed by atoms with E-state index in [1.165, 1.54) is 11.1 Å². The van der Waals surface area contributed by atoms with Gasteiger partial charge in [-0.05, 0) is 78.6 Å². The first-order chi connectivity index (χ1) is 30.4. The van der Waals surface area contributed by atoms with E-state index in [1.807, 2.05) is 37.3 Å². The van der Waals surface area contributed by atoms with Gasteiger partial charge in [0.2, 0.25) is 0 Å². The highest BCUT2D eigenvalue weighted by Crippen LogP contribution is 2.36. The quantitative estimate of drug-likeness (QED) is 0.0965. The molecule has 0 spiro atoms. The molecule has 0 aliphatic rings. The van der Waals surface area contributed by atoms with Crippen LogP contribution in [0.15, 0.2) is 205 Å². The minimum atomic E-state index is 0.707. The van der Waals surface area contributed by atoms with E-state index in [4.69, 9.17) is 15.0 Å². The van der Waals surface area contributed by atoms with E-state index in [0.717, 1.165) is 96.0 Å². The van der Waals surface area contributed by atoms with Crippen molar-refractivity contribution in [1.82, 2.24) is 9.97 Å². The Kier molecular flexibility index (Phi) is 12.7. The molecule has 1 heterocycles. The van der Waals surface area contributed by atoms with Crippen molar-refractivity contribution < 1.29 is 0 Å². The van der Waals surface area contributed by atoms with Crippen LogP contribution in [0.5, 0.6) is 0 Å². The first kappa shape index (κ1) is 41.1. The van der Waals surface area contributed by atoms with Crippen LogP contribution >= 0.6 is 0 Å². The SMILES string of the molecule is CC#Cc1c(-c2ccc(C(=N/C(=C/CC)c3ccccc3)/C(C)=C(\C)c3ccccc3)cc2)cccc1-c1ccc(-c2nc(-c3ccccc3)nc(-c3ccccc3)c2C)cc1. The molecule has 1 aromatic heterocycles. The van der Waals surface area contributed by atoms with Crippen molar-refractivity contribution in [3.8, 4) is 68.0 Å². The lowest BCUT2D eigenvalue weighted by molar-refractivity contribution is 1.15. The monoisotopic (exact) mass is 799 g/mol. The van der Waals surface area contributed by atoms with Gasteiger partial charge in [-0.25, -0.2) is 15.0 Å². The van der Waals surface area contributed by atoms with Crippen LogP contribution in [-0.4, -0.2) is 15.7 Å². The van der Waals surface area contributed by atoms with Crippen LogP contribution in [0.3, 0.4) is 0 Å². The van der Waals surface area contributed by atoms with Gasteiger partial charge in [-0.15, -0.1) is 5.92 Å². The second-order valence-corrected chi connectivity index (χ2v) is 15.3. The van der Waals surface area contributed by atoms with Crippen molar-refractivity contribution in [2.24, 2.45) is 4.99 Å². The molecule has 8 aromatic rings. The molecule has 8 rings (SSSR count). The maximum absolute atomic E-state index is 5.42. The molecule has 62 heavy (non-hydrogen) atoms. The number of hydrogen-bond acceptors (Lipinski definition) is 3. The predicted octanol–water partition coefficient (Wildman–Crippen LogP) is 15.2. The number of allylic oxidation sites excluding steroid dienone is 3. The number of hydrogen-bond donors (Lipinski definition) is 0. The lowest BCUT2D eigenvalue weighted by Gasteiger charge is -2.16. The Bertz CT molecular complexity index is 2970. The number of benzene rings is 7. The minimum Gasteiger partial charge on any atom is -0.248 e. The van der Waals surface area contributed by atoms with E-state index in [-0.39, 0.29) is 0 Å². The predicted molar refractivity (Wildman–Crippen MR) is 262 cm³/mol. The molecule has 0 saturated carbocycles. The third kappa shape index (κ3) is 8.92. The summed E-state index contributed by atoms with van der Waals surface area (Å²) in [5.41, 5.74) is 18.9. The molecule has 0 saturated heterocycles. The minimum absolute atomic E-state index is 0.707. The number of aliphatic imine (C=N–C) groups is 1. The highest BCUT2D eigenvalue weighted by atomic mass is 14.9. The molecule has 0 aliphatic carbocycles. The van der Waals surface area contributed by atoms with E-state index < -0.39 is 0 Å². The number of nitrogens with zero attached hydrogens (tertiary/aromatic N) is 3. The summed E-state index contributed by atoms with van der Waals surface area (Å²) in [6.45, 7) is 10.5. The number of rotatable bonds is 11. The molecule has 0 N–H and O–H groups in total. The summed E-state index contributed by atoms with van der Waals surface area (Å²) in [7, 11) is 0. The summed E-state index contributed by atoms with van der Waals surface area (Å²) in [5.74, 6) is 7.41. The molecule has 300 valence electrons. The average Bonchev–Trinajstić information content (AvgIpc) is 3.34. The van der Waals surface area contributed by atoms with Gasteiger partial charge in [-0.1, -0.05) is 207 Å². The maximum atomic E-state index is 5.42. The zero-order valence-corrected chi connectivity index (χ0v) is 36.0. The van der Waals surface area contributed by atoms with E-state index in [1.54, 1.807) is 0 Å². The second-order valence-electron chi connectivity index (χ2n) is 15.3. The normalized spacial score (nSPS) is 12.0. The largest absolute Gasteiger partial charge is 0.248 e.